The Balaban J connectivity index is 2.37. The quantitative estimate of drug-likeness (QED) is 0.751. The SMILES string of the molecule is Cc1ccc(C)c(N(CC(=O)NCCN(C)C)S(=O)(=O)c2ccccc2)c1. The van der Waals surface area contributed by atoms with E-state index in [1.807, 2.05) is 45.0 Å². The van der Waals surface area contributed by atoms with Gasteiger partial charge in [-0.1, -0.05) is 30.3 Å². The number of sulfonamides is 1. The van der Waals surface area contributed by atoms with Gasteiger partial charge in [-0.3, -0.25) is 9.10 Å². The molecule has 0 aliphatic carbocycles. The lowest BCUT2D eigenvalue weighted by atomic mass is 10.1. The Morgan fingerprint density at radius 1 is 1.04 bits per heavy atom. The van der Waals surface area contributed by atoms with Gasteiger partial charge >= 0.3 is 0 Å². The van der Waals surface area contributed by atoms with Crippen molar-refractivity contribution < 1.29 is 13.2 Å². The van der Waals surface area contributed by atoms with Gasteiger partial charge in [-0.25, -0.2) is 8.42 Å². The first-order chi connectivity index (χ1) is 12.7. The van der Waals surface area contributed by atoms with Gasteiger partial charge in [0.05, 0.1) is 10.6 Å². The lowest BCUT2D eigenvalue weighted by Crippen LogP contribution is -2.42. The highest BCUT2D eigenvalue weighted by Gasteiger charge is 2.28. The number of nitrogens with zero attached hydrogens (tertiary/aromatic N) is 2. The second-order valence-corrected chi connectivity index (χ2v) is 8.63. The van der Waals surface area contributed by atoms with Crippen LogP contribution in [0.4, 0.5) is 5.69 Å². The van der Waals surface area contributed by atoms with Gasteiger partial charge in [0.25, 0.3) is 10.0 Å². The Morgan fingerprint density at radius 3 is 2.33 bits per heavy atom. The number of hydrogen-bond donors (Lipinski definition) is 1. The summed E-state index contributed by atoms with van der Waals surface area (Å²) in [5.41, 5.74) is 2.24. The number of hydrogen-bond acceptors (Lipinski definition) is 4. The molecule has 0 atom stereocenters. The molecule has 2 rings (SSSR count). The van der Waals surface area contributed by atoms with Crippen LogP contribution in [-0.4, -0.2) is 53.0 Å². The zero-order chi connectivity index (χ0) is 20.0. The van der Waals surface area contributed by atoms with Gasteiger partial charge in [-0.05, 0) is 57.3 Å². The summed E-state index contributed by atoms with van der Waals surface area (Å²) in [6, 6.07) is 13.8. The molecule has 0 saturated heterocycles. The van der Waals surface area contributed by atoms with Crippen molar-refractivity contribution in [2.24, 2.45) is 0 Å². The van der Waals surface area contributed by atoms with Crippen molar-refractivity contribution in [1.82, 2.24) is 10.2 Å². The molecule has 146 valence electrons. The third-order valence-electron chi connectivity index (χ3n) is 4.13. The van der Waals surface area contributed by atoms with Crippen LogP contribution in [0.15, 0.2) is 53.4 Å². The number of carbonyl (C=O) groups excluding carboxylic acids is 1. The molecule has 27 heavy (non-hydrogen) atoms. The molecule has 6 nitrogen and oxygen atoms in total. The fraction of sp³-hybridized carbons (Fsp3) is 0.350. The van der Waals surface area contributed by atoms with Crippen LogP contribution in [0.1, 0.15) is 11.1 Å². The molecule has 0 heterocycles. The van der Waals surface area contributed by atoms with E-state index in [0.717, 1.165) is 11.1 Å². The van der Waals surface area contributed by atoms with Crippen molar-refractivity contribution in [3.63, 3.8) is 0 Å². The van der Waals surface area contributed by atoms with Crippen molar-refractivity contribution >= 4 is 21.6 Å². The summed E-state index contributed by atoms with van der Waals surface area (Å²) >= 11 is 0. The number of anilines is 1. The van der Waals surface area contributed by atoms with Crippen molar-refractivity contribution in [1.29, 1.82) is 0 Å². The first kappa shape index (κ1) is 20.9. The highest BCUT2D eigenvalue weighted by Crippen LogP contribution is 2.27. The standard InChI is InChI=1S/C20H27N3O3S/c1-16-10-11-17(2)19(14-16)23(15-20(24)21-12-13-22(3)4)27(25,26)18-8-6-5-7-9-18/h5-11,14H,12-13,15H2,1-4H3,(H,21,24). The number of aryl methyl sites for hydroxylation is 2. The Labute approximate surface area is 161 Å². The van der Waals surface area contributed by atoms with E-state index < -0.39 is 10.0 Å². The van der Waals surface area contributed by atoms with Crippen LogP contribution < -0.4 is 9.62 Å². The molecule has 1 amide bonds. The second kappa shape index (κ2) is 9.01. The molecule has 0 aliphatic heterocycles. The fourth-order valence-corrected chi connectivity index (χ4v) is 4.11. The van der Waals surface area contributed by atoms with E-state index in [1.165, 1.54) is 16.4 Å². The zero-order valence-electron chi connectivity index (χ0n) is 16.3. The number of rotatable bonds is 8. The molecule has 0 aromatic heterocycles. The first-order valence-corrected chi connectivity index (χ1v) is 10.2. The topological polar surface area (TPSA) is 69.7 Å². The molecule has 0 unspecified atom stereocenters. The van der Waals surface area contributed by atoms with E-state index in [0.29, 0.717) is 18.8 Å². The van der Waals surface area contributed by atoms with Crippen LogP contribution in [-0.2, 0) is 14.8 Å². The second-order valence-electron chi connectivity index (χ2n) is 6.77. The normalized spacial score (nSPS) is 11.4. The molecule has 0 fully saturated rings. The Morgan fingerprint density at radius 2 is 1.70 bits per heavy atom. The largest absolute Gasteiger partial charge is 0.353 e. The Hall–Kier alpha value is -2.38. The van der Waals surface area contributed by atoms with Gasteiger partial charge in [0.1, 0.15) is 6.54 Å². The molecule has 0 spiro atoms. The first-order valence-electron chi connectivity index (χ1n) is 8.78. The summed E-state index contributed by atoms with van der Waals surface area (Å²) in [5, 5.41) is 2.79. The molecule has 2 aromatic rings. The number of carbonyl (C=O) groups is 1. The minimum atomic E-state index is -3.87. The summed E-state index contributed by atoms with van der Waals surface area (Å²) < 4.78 is 27.7. The molecule has 2 aromatic carbocycles. The molecule has 7 heteroatoms. The van der Waals surface area contributed by atoms with Gasteiger partial charge in [0.2, 0.25) is 5.91 Å². The van der Waals surface area contributed by atoms with Crippen molar-refractivity contribution in [3.05, 3.63) is 59.7 Å². The van der Waals surface area contributed by atoms with Crippen molar-refractivity contribution in [3.8, 4) is 0 Å². The number of benzene rings is 2. The molecule has 0 aliphatic rings. The minimum Gasteiger partial charge on any atom is -0.353 e. The van der Waals surface area contributed by atoms with Crippen LogP contribution in [0.3, 0.4) is 0 Å². The monoisotopic (exact) mass is 389 g/mol. The summed E-state index contributed by atoms with van der Waals surface area (Å²) in [6.07, 6.45) is 0. The third-order valence-corrected chi connectivity index (χ3v) is 5.91. The summed E-state index contributed by atoms with van der Waals surface area (Å²) in [5.74, 6) is -0.336. The molecule has 1 N–H and O–H groups in total. The molecule has 0 radical (unpaired) electrons. The summed E-state index contributed by atoms with van der Waals surface area (Å²) in [6.45, 7) is 4.60. The molecule has 0 bridgehead atoms. The summed E-state index contributed by atoms with van der Waals surface area (Å²) in [7, 11) is -0.0455. The van der Waals surface area contributed by atoms with E-state index in [-0.39, 0.29) is 17.3 Å². The van der Waals surface area contributed by atoms with E-state index in [4.69, 9.17) is 0 Å². The van der Waals surface area contributed by atoms with E-state index in [9.17, 15) is 13.2 Å². The maximum absolute atomic E-state index is 13.3. The highest BCUT2D eigenvalue weighted by atomic mass is 32.2. The van der Waals surface area contributed by atoms with Crippen molar-refractivity contribution in [2.75, 3.05) is 38.0 Å². The van der Waals surface area contributed by atoms with Crippen LogP contribution in [0.25, 0.3) is 0 Å². The van der Waals surface area contributed by atoms with Crippen LogP contribution in [0, 0.1) is 13.8 Å². The molecule has 0 saturated carbocycles. The van der Waals surface area contributed by atoms with Gasteiger partial charge in [0, 0.05) is 13.1 Å². The number of nitrogens with one attached hydrogen (secondary N) is 1. The van der Waals surface area contributed by atoms with E-state index >= 15 is 0 Å². The maximum atomic E-state index is 13.3. The lowest BCUT2D eigenvalue weighted by molar-refractivity contribution is -0.119. The van der Waals surface area contributed by atoms with Crippen LogP contribution in [0.2, 0.25) is 0 Å². The van der Waals surface area contributed by atoms with Crippen molar-refractivity contribution in [2.45, 2.75) is 18.7 Å². The van der Waals surface area contributed by atoms with E-state index in [2.05, 4.69) is 5.32 Å². The molecular weight excluding hydrogens is 362 g/mol. The van der Waals surface area contributed by atoms with Gasteiger partial charge in [-0.15, -0.1) is 0 Å². The highest BCUT2D eigenvalue weighted by molar-refractivity contribution is 7.92. The Kier molecular flexibility index (Phi) is 6.98. The number of likely N-dealkylation sites (N-methyl/N-ethyl adjacent to an activating group) is 1. The average Bonchev–Trinajstić information content (AvgIpc) is 2.62. The minimum absolute atomic E-state index is 0.159. The third kappa shape index (κ3) is 5.55. The predicted molar refractivity (Wildman–Crippen MR) is 108 cm³/mol. The van der Waals surface area contributed by atoms with Crippen LogP contribution in [0.5, 0.6) is 0 Å². The Bertz CT molecular complexity index is 881. The maximum Gasteiger partial charge on any atom is 0.264 e. The molecular formula is C20H27N3O3S. The zero-order valence-corrected chi connectivity index (χ0v) is 17.1. The smallest absolute Gasteiger partial charge is 0.264 e. The number of amides is 1. The van der Waals surface area contributed by atoms with Gasteiger partial charge < -0.3 is 10.2 Å². The predicted octanol–water partition coefficient (Wildman–Crippen LogP) is 2.18. The lowest BCUT2D eigenvalue weighted by Gasteiger charge is -2.26. The average molecular weight is 390 g/mol. The fourth-order valence-electron chi connectivity index (χ4n) is 2.61. The van der Waals surface area contributed by atoms with E-state index in [1.54, 1.807) is 24.3 Å². The van der Waals surface area contributed by atoms with Crippen LogP contribution >= 0.6 is 0 Å². The summed E-state index contributed by atoms with van der Waals surface area (Å²) in [4.78, 5) is 14.6. The van der Waals surface area contributed by atoms with Gasteiger partial charge in [0.15, 0.2) is 0 Å². The van der Waals surface area contributed by atoms with Gasteiger partial charge in [-0.2, -0.15) is 0 Å².